The quantitative estimate of drug-likeness (QED) is 0.525. The standard InChI is InChI=1S/C13H22N2O/c1-2-3-4-5-8-15-13(16)11-12-6-9-14-10-7-12/h1,12,14H,3-11H2,(H,15,16). The second-order valence-electron chi connectivity index (χ2n) is 4.41. The molecular weight excluding hydrogens is 200 g/mol. The van der Waals surface area contributed by atoms with E-state index >= 15 is 0 Å². The van der Waals surface area contributed by atoms with Gasteiger partial charge in [-0.05, 0) is 44.7 Å². The van der Waals surface area contributed by atoms with Crippen molar-refractivity contribution in [2.45, 2.75) is 38.5 Å². The molecule has 1 aliphatic heterocycles. The predicted octanol–water partition coefficient (Wildman–Crippen LogP) is 1.30. The summed E-state index contributed by atoms with van der Waals surface area (Å²) in [4.78, 5) is 11.6. The summed E-state index contributed by atoms with van der Waals surface area (Å²) in [6.45, 7) is 2.88. The van der Waals surface area contributed by atoms with Gasteiger partial charge in [0.1, 0.15) is 0 Å². The minimum absolute atomic E-state index is 0.201. The molecule has 16 heavy (non-hydrogen) atoms. The molecule has 0 aromatic heterocycles. The highest BCUT2D eigenvalue weighted by Gasteiger charge is 2.16. The molecule has 0 unspecified atom stereocenters. The van der Waals surface area contributed by atoms with Crippen molar-refractivity contribution in [2.75, 3.05) is 19.6 Å². The van der Waals surface area contributed by atoms with Crippen LogP contribution in [0.2, 0.25) is 0 Å². The number of unbranched alkanes of at least 4 members (excludes halogenated alkanes) is 2. The first-order valence-electron chi connectivity index (χ1n) is 6.24. The van der Waals surface area contributed by atoms with E-state index in [-0.39, 0.29) is 5.91 Å². The zero-order chi connectivity index (χ0) is 11.6. The summed E-state index contributed by atoms with van der Waals surface area (Å²) in [5.41, 5.74) is 0. The predicted molar refractivity (Wildman–Crippen MR) is 65.9 cm³/mol. The van der Waals surface area contributed by atoms with Gasteiger partial charge >= 0.3 is 0 Å². The molecule has 90 valence electrons. The van der Waals surface area contributed by atoms with Crippen molar-refractivity contribution in [1.82, 2.24) is 10.6 Å². The van der Waals surface area contributed by atoms with E-state index < -0.39 is 0 Å². The highest BCUT2D eigenvalue weighted by molar-refractivity contribution is 5.76. The van der Waals surface area contributed by atoms with Crippen molar-refractivity contribution in [2.24, 2.45) is 5.92 Å². The lowest BCUT2D eigenvalue weighted by atomic mass is 9.94. The molecule has 0 spiro atoms. The zero-order valence-electron chi connectivity index (χ0n) is 9.93. The minimum Gasteiger partial charge on any atom is -0.356 e. The van der Waals surface area contributed by atoms with E-state index in [0.717, 1.165) is 51.7 Å². The number of hydrogen-bond acceptors (Lipinski definition) is 2. The van der Waals surface area contributed by atoms with E-state index in [2.05, 4.69) is 16.6 Å². The molecule has 0 atom stereocenters. The Labute approximate surface area is 98.4 Å². The average Bonchev–Trinajstić information content (AvgIpc) is 2.30. The van der Waals surface area contributed by atoms with Crippen molar-refractivity contribution in [3.63, 3.8) is 0 Å². The van der Waals surface area contributed by atoms with Gasteiger partial charge in [-0.15, -0.1) is 12.3 Å². The number of hydrogen-bond donors (Lipinski definition) is 2. The summed E-state index contributed by atoms with van der Waals surface area (Å²) in [5.74, 6) is 3.38. The van der Waals surface area contributed by atoms with Crippen LogP contribution in [-0.4, -0.2) is 25.5 Å². The summed E-state index contributed by atoms with van der Waals surface area (Å²) < 4.78 is 0. The van der Waals surface area contributed by atoms with Gasteiger partial charge in [-0.3, -0.25) is 4.79 Å². The van der Waals surface area contributed by atoms with E-state index in [0.29, 0.717) is 12.3 Å². The second kappa shape index (κ2) is 8.18. The number of terminal acetylenes is 1. The molecular formula is C13H22N2O. The van der Waals surface area contributed by atoms with E-state index in [1.165, 1.54) is 0 Å². The fraction of sp³-hybridized carbons (Fsp3) is 0.769. The topological polar surface area (TPSA) is 41.1 Å². The maximum absolute atomic E-state index is 11.6. The molecule has 3 nitrogen and oxygen atoms in total. The van der Waals surface area contributed by atoms with Gasteiger partial charge in [0.2, 0.25) is 5.91 Å². The van der Waals surface area contributed by atoms with Crippen LogP contribution in [0.1, 0.15) is 38.5 Å². The largest absolute Gasteiger partial charge is 0.356 e. The Kier molecular flexibility index (Phi) is 6.67. The third-order valence-electron chi connectivity index (χ3n) is 3.00. The highest BCUT2D eigenvalue weighted by atomic mass is 16.1. The summed E-state index contributed by atoms with van der Waals surface area (Å²) in [6, 6.07) is 0. The number of amides is 1. The molecule has 0 radical (unpaired) electrons. The minimum atomic E-state index is 0.201. The van der Waals surface area contributed by atoms with Gasteiger partial charge in [0.15, 0.2) is 0 Å². The fourth-order valence-corrected chi connectivity index (χ4v) is 2.00. The third-order valence-corrected chi connectivity index (χ3v) is 3.00. The molecule has 2 N–H and O–H groups in total. The van der Waals surface area contributed by atoms with Crippen LogP contribution < -0.4 is 10.6 Å². The van der Waals surface area contributed by atoms with Gasteiger partial charge in [0.05, 0.1) is 0 Å². The van der Waals surface area contributed by atoms with Crippen LogP contribution in [0.3, 0.4) is 0 Å². The maximum atomic E-state index is 11.6. The van der Waals surface area contributed by atoms with E-state index in [1.807, 2.05) is 0 Å². The number of nitrogens with one attached hydrogen (secondary N) is 2. The van der Waals surface area contributed by atoms with Crippen molar-refractivity contribution in [3.8, 4) is 12.3 Å². The van der Waals surface area contributed by atoms with Gasteiger partial charge in [-0.25, -0.2) is 0 Å². The van der Waals surface area contributed by atoms with Crippen LogP contribution in [-0.2, 0) is 4.79 Å². The van der Waals surface area contributed by atoms with E-state index in [4.69, 9.17) is 6.42 Å². The first-order valence-corrected chi connectivity index (χ1v) is 6.24. The molecule has 0 aliphatic carbocycles. The number of rotatable bonds is 6. The van der Waals surface area contributed by atoms with Crippen LogP contribution >= 0.6 is 0 Å². The van der Waals surface area contributed by atoms with Gasteiger partial charge < -0.3 is 10.6 Å². The third kappa shape index (κ3) is 5.77. The molecule has 3 heteroatoms. The van der Waals surface area contributed by atoms with Crippen LogP contribution in [0.4, 0.5) is 0 Å². The maximum Gasteiger partial charge on any atom is 0.220 e. The Bertz CT molecular complexity index is 239. The Morgan fingerprint density at radius 2 is 2.12 bits per heavy atom. The molecule has 1 heterocycles. The van der Waals surface area contributed by atoms with Crippen molar-refractivity contribution < 1.29 is 4.79 Å². The lowest BCUT2D eigenvalue weighted by molar-refractivity contribution is -0.122. The zero-order valence-corrected chi connectivity index (χ0v) is 9.93. The van der Waals surface area contributed by atoms with Gasteiger partial charge in [0, 0.05) is 19.4 Å². The molecule has 0 aromatic carbocycles. The normalized spacial score (nSPS) is 16.7. The monoisotopic (exact) mass is 222 g/mol. The Hall–Kier alpha value is -1.01. The number of piperidine rings is 1. The smallest absolute Gasteiger partial charge is 0.220 e. The van der Waals surface area contributed by atoms with Crippen LogP contribution in [0.15, 0.2) is 0 Å². The number of carbonyl (C=O) groups excluding carboxylic acids is 1. The van der Waals surface area contributed by atoms with Crippen LogP contribution in [0.25, 0.3) is 0 Å². The first-order chi connectivity index (χ1) is 7.83. The van der Waals surface area contributed by atoms with Gasteiger partial charge in [-0.2, -0.15) is 0 Å². The Morgan fingerprint density at radius 1 is 1.38 bits per heavy atom. The van der Waals surface area contributed by atoms with Crippen molar-refractivity contribution in [1.29, 1.82) is 0 Å². The van der Waals surface area contributed by atoms with Crippen LogP contribution in [0.5, 0.6) is 0 Å². The first kappa shape index (κ1) is 13.1. The number of carbonyl (C=O) groups is 1. The molecule has 1 aliphatic rings. The summed E-state index contributed by atoms with van der Waals surface area (Å²) >= 11 is 0. The van der Waals surface area contributed by atoms with Crippen LogP contribution in [0, 0.1) is 18.3 Å². The molecule has 1 amide bonds. The lowest BCUT2D eigenvalue weighted by Crippen LogP contribution is -2.32. The van der Waals surface area contributed by atoms with Crippen molar-refractivity contribution >= 4 is 5.91 Å². The Balaban J connectivity index is 1.99. The summed E-state index contributed by atoms with van der Waals surface area (Å²) in [6.07, 6.45) is 10.9. The Morgan fingerprint density at radius 3 is 2.81 bits per heavy atom. The molecule has 1 rings (SSSR count). The second-order valence-corrected chi connectivity index (χ2v) is 4.41. The SMILES string of the molecule is C#CCCCCNC(=O)CC1CCNCC1. The fourth-order valence-electron chi connectivity index (χ4n) is 2.00. The molecule has 0 saturated carbocycles. The summed E-state index contributed by atoms with van der Waals surface area (Å²) in [7, 11) is 0. The highest BCUT2D eigenvalue weighted by Crippen LogP contribution is 2.15. The molecule has 1 saturated heterocycles. The van der Waals surface area contributed by atoms with Gasteiger partial charge in [-0.1, -0.05) is 0 Å². The molecule has 1 fully saturated rings. The average molecular weight is 222 g/mol. The molecule has 0 bridgehead atoms. The van der Waals surface area contributed by atoms with E-state index in [9.17, 15) is 4.79 Å². The lowest BCUT2D eigenvalue weighted by Gasteiger charge is -2.21. The van der Waals surface area contributed by atoms with E-state index in [1.54, 1.807) is 0 Å². The molecule has 0 aromatic rings. The van der Waals surface area contributed by atoms with Crippen molar-refractivity contribution in [3.05, 3.63) is 0 Å². The summed E-state index contributed by atoms with van der Waals surface area (Å²) in [5, 5.41) is 6.26. The van der Waals surface area contributed by atoms with Gasteiger partial charge in [0.25, 0.3) is 0 Å².